The summed E-state index contributed by atoms with van der Waals surface area (Å²) in [6.45, 7) is 4.40. The predicted molar refractivity (Wildman–Crippen MR) is 93.5 cm³/mol. The lowest BCUT2D eigenvalue weighted by Crippen LogP contribution is -2.50. The number of allylic oxidation sites excluding steroid dienone is 2. The minimum Gasteiger partial charge on any atom is -0.340 e. The summed E-state index contributed by atoms with van der Waals surface area (Å²) in [5.74, 6) is 0.562. The summed E-state index contributed by atoms with van der Waals surface area (Å²) in [5, 5.41) is 4.62. The van der Waals surface area contributed by atoms with Crippen molar-refractivity contribution in [3.05, 3.63) is 48.3 Å². The highest BCUT2D eigenvalue weighted by molar-refractivity contribution is 5.79. The van der Waals surface area contributed by atoms with Gasteiger partial charge in [-0.2, -0.15) is 5.10 Å². The van der Waals surface area contributed by atoms with Gasteiger partial charge in [0, 0.05) is 44.8 Å². The Balaban J connectivity index is 1.32. The summed E-state index contributed by atoms with van der Waals surface area (Å²) in [6.07, 6.45) is 9.30. The van der Waals surface area contributed by atoms with Crippen LogP contribution in [0.1, 0.15) is 25.0 Å². The largest absolute Gasteiger partial charge is 0.340 e. The molecule has 1 fully saturated rings. The van der Waals surface area contributed by atoms with E-state index in [1.807, 2.05) is 22.8 Å². The van der Waals surface area contributed by atoms with Gasteiger partial charge in [-0.1, -0.05) is 18.2 Å². The lowest BCUT2D eigenvalue weighted by molar-refractivity contribution is -0.137. The molecule has 1 atom stereocenters. The number of carbonyl (C=O) groups excluding carboxylic acids is 1. The van der Waals surface area contributed by atoms with E-state index in [9.17, 15) is 4.79 Å². The van der Waals surface area contributed by atoms with Crippen molar-refractivity contribution in [3.8, 4) is 0 Å². The van der Waals surface area contributed by atoms with Crippen molar-refractivity contribution in [2.45, 2.75) is 25.8 Å². The van der Waals surface area contributed by atoms with Crippen LogP contribution in [0.15, 0.2) is 42.6 Å². The minimum atomic E-state index is 0.208. The molecule has 0 bridgehead atoms. The van der Waals surface area contributed by atoms with Crippen LogP contribution in [0.4, 0.5) is 0 Å². The molecule has 0 saturated carbocycles. The number of hydrogen-bond donors (Lipinski definition) is 0. The van der Waals surface area contributed by atoms with Gasteiger partial charge >= 0.3 is 0 Å². The normalized spacial score (nSPS) is 22.2. The van der Waals surface area contributed by atoms with Gasteiger partial charge in [-0.15, -0.1) is 0 Å². The summed E-state index contributed by atoms with van der Waals surface area (Å²) < 4.78 is 1.92. The first kappa shape index (κ1) is 15.4. The number of pyridine rings is 1. The Morgan fingerprint density at radius 3 is 2.79 bits per heavy atom. The quantitative estimate of drug-likeness (QED) is 0.814. The van der Waals surface area contributed by atoms with E-state index in [1.54, 1.807) is 0 Å². The molecule has 5 nitrogen and oxygen atoms in total. The van der Waals surface area contributed by atoms with E-state index in [0.717, 1.165) is 63.2 Å². The van der Waals surface area contributed by atoms with E-state index >= 15 is 0 Å². The summed E-state index contributed by atoms with van der Waals surface area (Å²) in [6, 6.07) is 8.25. The first-order valence-corrected chi connectivity index (χ1v) is 8.89. The maximum absolute atomic E-state index is 12.6. The van der Waals surface area contributed by atoms with Crippen LogP contribution < -0.4 is 0 Å². The number of carbonyl (C=O) groups is 1. The Hall–Kier alpha value is -2.14. The Morgan fingerprint density at radius 2 is 2.04 bits per heavy atom. The maximum atomic E-state index is 12.6. The molecule has 1 aliphatic carbocycles. The van der Waals surface area contributed by atoms with Crippen molar-refractivity contribution in [2.24, 2.45) is 5.92 Å². The van der Waals surface area contributed by atoms with Crippen LogP contribution in [0.5, 0.6) is 0 Å². The molecule has 0 N–H and O–H groups in total. The fourth-order valence-electron chi connectivity index (χ4n) is 3.70. The van der Waals surface area contributed by atoms with Crippen LogP contribution >= 0.6 is 0 Å². The Bertz CT molecular complexity index is 710. The summed E-state index contributed by atoms with van der Waals surface area (Å²) in [5.41, 5.74) is 2.23. The molecule has 1 amide bonds. The molecule has 24 heavy (non-hydrogen) atoms. The molecule has 0 aromatic carbocycles. The Morgan fingerprint density at radius 1 is 1.17 bits per heavy atom. The third-order valence-corrected chi connectivity index (χ3v) is 5.11. The molecule has 126 valence electrons. The van der Waals surface area contributed by atoms with Crippen molar-refractivity contribution >= 4 is 11.4 Å². The van der Waals surface area contributed by atoms with Crippen molar-refractivity contribution < 1.29 is 4.79 Å². The fourth-order valence-corrected chi connectivity index (χ4v) is 3.70. The molecule has 4 rings (SSSR count). The predicted octanol–water partition coefficient (Wildman–Crippen LogP) is 2.33. The topological polar surface area (TPSA) is 40.9 Å². The average Bonchev–Trinajstić information content (AvgIpc) is 3.05. The zero-order valence-electron chi connectivity index (χ0n) is 14.0. The number of aromatic nitrogens is 2. The molecular formula is C19H24N4O. The van der Waals surface area contributed by atoms with Crippen LogP contribution in [-0.2, 0) is 11.3 Å². The van der Waals surface area contributed by atoms with Crippen LogP contribution in [-0.4, -0.2) is 51.5 Å². The summed E-state index contributed by atoms with van der Waals surface area (Å²) >= 11 is 0. The third-order valence-electron chi connectivity index (χ3n) is 5.11. The van der Waals surface area contributed by atoms with Gasteiger partial charge in [0.05, 0.1) is 11.2 Å². The van der Waals surface area contributed by atoms with Gasteiger partial charge in [0.25, 0.3) is 0 Å². The second-order valence-corrected chi connectivity index (χ2v) is 6.79. The lowest BCUT2D eigenvalue weighted by atomic mass is 9.93. The number of hydrogen-bond acceptors (Lipinski definition) is 3. The highest BCUT2D eigenvalue weighted by Crippen LogP contribution is 2.21. The summed E-state index contributed by atoms with van der Waals surface area (Å²) in [4.78, 5) is 17.0. The number of amides is 1. The molecule has 2 aromatic heterocycles. The number of fused-ring (bicyclic) bond motifs is 1. The van der Waals surface area contributed by atoms with E-state index < -0.39 is 0 Å². The van der Waals surface area contributed by atoms with E-state index in [4.69, 9.17) is 0 Å². The van der Waals surface area contributed by atoms with Gasteiger partial charge < -0.3 is 4.90 Å². The monoisotopic (exact) mass is 324 g/mol. The standard InChI is InChI=1S/C19H24N4O/c24-19(16-6-2-1-3-7-16)22-12-10-21(11-13-22)15-17-14-18-8-4-5-9-23(18)20-17/h1-2,4-5,8-9,14,16H,3,6-7,10-13,15H2. The fraction of sp³-hybridized carbons (Fsp3) is 0.474. The lowest BCUT2D eigenvalue weighted by Gasteiger charge is -2.36. The zero-order valence-corrected chi connectivity index (χ0v) is 14.0. The highest BCUT2D eigenvalue weighted by Gasteiger charge is 2.27. The third kappa shape index (κ3) is 3.22. The van der Waals surface area contributed by atoms with Crippen molar-refractivity contribution in [1.29, 1.82) is 0 Å². The van der Waals surface area contributed by atoms with E-state index in [1.165, 1.54) is 0 Å². The number of nitrogens with zero attached hydrogens (tertiary/aromatic N) is 4. The SMILES string of the molecule is O=C(C1CC=CCC1)N1CCN(Cc2cc3ccccn3n2)CC1. The van der Waals surface area contributed by atoms with Gasteiger partial charge in [0.15, 0.2) is 0 Å². The van der Waals surface area contributed by atoms with Crippen LogP contribution in [0, 0.1) is 5.92 Å². The first-order valence-electron chi connectivity index (χ1n) is 8.89. The molecule has 3 heterocycles. The molecule has 2 aliphatic rings. The second-order valence-electron chi connectivity index (χ2n) is 6.79. The van der Waals surface area contributed by atoms with Gasteiger partial charge in [-0.25, -0.2) is 4.52 Å². The van der Waals surface area contributed by atoms with Gasteiger partial charge in [0.1, 0.15) is 0 Å². The van der Waals surface area contributed by atoms with E-state index in [0.29, 0.717) is 5.91 Å². The molecule has 0 spiro atoms. The van der Waals surface area contributed by atoms with Gasteiger partial charge in [-0.05, 0) is 37.5 Å². The van der Waals surface area contributed by atoms with Crippen molar-refractivity contribution in [2.75, 3.05) is 26.2 Å². The molecular weight excluding hydrogens is 300 g/mol. The molecule has 1 unspecified atom stereocenters. The average molecular weight is 324 g/mol. The van der Waals surface area contributed by atoms with Crippen molar-refractivity contribution in [1.82, 2.24) is 19.4 Å². The Kier molecular flexibility index (Phi) is 4.34. The smallest absolute Gasteiger partial charge is 0.226 e. The molecule has 1 saturated heterocycles. The van der Waals surface area contributed by atoms with E-state index in [-0.39, 0.29) is 5.92 Å². The second kappa shape index (κ2) is 6.77. The number of piperazine rings is 1. The van der Waals surface area contributed by atoms with Gasteiger partial charge in [-0.3, -0.25) is 9.69 Å². The first-order chi connectivity index (χ1) is 11.8. The van der Waals surface area contributed by atoms with Gasteiger partial charge in [0.2, 0.25) is 5.91 Å². The summed E-state index contributed by atoms with van der Waals surface area (Å²) in [7, 11) is 0. The Labute approximate surface area is 142 Å². The zero-order chi connectivity index (χ0) is 16.4. The molecule has 5 heteroatoms. The van der Waals surface area contributed by atoms with Crippen LogP contribution in [0.25, 0.3) is 5.52 Å². The molecule has 2 aromatic rings. The minimum absolute atomic E-state index is 0.208. The van der Waals surface area contributed by atoms with Crippen LogP contribution in [0.2, 0.25) is 0 Å². The highest BCUT2D eigenvalue weighted by atomic mass is 16.2. The van der Waals surface area contributed by atoms with E-state index in [2.05, 4.69) is 39.2 Å². The molecule has 1 aliphatic heterocycles. The van der Waals surface area contributed by atoms with Crippen LogP contribution in [0.3, 0.4) is 0 Å². The maximum Gasteiger partial charge on any atom is 0.226 e. The molecule has 0 radical (unpaired) electrons. The number of rotatable bonds is 3. The van der Waals surface area contributed by atoms with Crippen molar-refractivity contribution in [3.63, 3.8) is 0 Å².